The standard InChI is InChI=1S/C24H27N5O3/c1-14(2)22-19(30)8-9-20(32-22)16-10-11-26-12-18(16)29-24(31)21-23(25)27-13-17(28-21)15-6-4-3-5-7-15/h3-7,10-14,19-20,22,30H,8-9H2,1-2H3,(H2,25,27)(H,29,31). The van der Waals surface area contributed by atoms with Crippen LogP contribution in [0.25, 0.3) is 11.3 Å². The van der Waals surface area contributed by atoms with E-state index in [1.165, 1.54) is 0 Å². The number of rotatable bonds is 5. The Kier molecular flexibility index (Phi) is 6.43. The summed E-state index contributed by atoms with van der Waals surface area (Å²) < 4.78 is 6.19. The fourth-order valence-electron chi connectivity index (χ4n) is 3.95. The van der Waals surface area contributed by atoms with Crippen molar-refractivity contribution in [2.24, 2.45) is 5.92 Å². The van der Waals surface area contributed by atoms with Gasteiger partial charge in [0.05, 0.1) is 42.1 Å². The highest BCUT2D eigenvalue weighted by Gasteiger charge is 2.33. The number of aliphatic hydroxyl groups excluding tert-OH is 1. The van der Waals surface area contributed by atoms with E-state index >= 15 is 0 Å². The highest BCUT2D eigenvalue weighted by Crippen LogP contribution is 2.37. The van der Waals surface area contributed by atoms with Crippen LogP contribution < -0.4 is 11.1 Å². The van der Waals surface area contributed by atoms with Gasteiger partial charge in [0.25, 0.3) is 5.91 Å². The van der Waals surface area contributed by atoms with E-state index in [1.807, 2.05) is 50.2 Å². The van der Waals surface area contributed by atoms with Gasteiger partial charge in [-0.15, -0.1) is 0 Å². The van der Waals surface area contributed by atoms with E-state index in [-0.39, 0.29) is 29.6 Å². The van der Waals surface area contributed by atoms with Crippen LogP contribution >= 0.6 is 0 Å². The average Bonchev–Trinajstić information content (AvgIpc) is 2.80. The molecule has 4 N–H and O–H groups in total. The fraction of sp³-hybridized carbons (Fsp3) is 0.333. The van der Waals surface area contributed by atoms with Crippen LogP contribution in [0.2, 0.25) is 0 Å². The molecule has 0 saturated carbocycles. The molecule has 1 aliphatic rings. The summed E-state index contributed by atoms with van der Waals surface area (Å²) in [6.45, 7) is 4.04. The molecule has 0 spiro atoms. The lowest BCUT2D eigenvalue weighted by molar-refractivity contribution is -0.137. The molecule has 8 nitrogen and oxygen atoms in total. The maximum absolute atomic E-state index is 13.1. The largest absolute Gasteiger partial charge is 0.390 e. The van der Waals surface area contributed by atoms with E-state index in [2.05, 4.69) is 20.3 Å². The normalized spacial score (nSPS) is 20.8. The second kappa shape index (κ2) is 9.42. The number of nitrogens with one attached hydrogen (secondary N) is 1. The minimum absolute atomic E-state index is 0.0428. The highest BCUT2D eigenvalue weighted by molar-refractivity contribution is 6.06. The van der Waals surface area contributed by atoms with Crippen molar-refractivity contribution in [3.63, 3.8) is 0 Å². The number of anilines is 2. The Hall–Kier alpha value is -3.36. The molecule has 0 bridgehead atoms. The summed E-state index contributed by atoms with van der Waals surface area (Å²) in [5, 5.41) is 13.2. The monoisotopic (exact) mass is 433 g/mol. The number of benzene rings is 1. The van der Waals surface area contributed by atoms with Gasteiger partial charge in [-0.2, -0.15) is 0 Å². The molecule has 1 fully saturated rings. The zero-order chi connectivity index (χ0) is 22.7. The molecule has 0 radical (unpaired) electrons. The lowest BCUT2D eigenvalue weighted by atomic mass is 9.91. The van der Waals surface area contributed by atoms with Crippen LogP contribution in [0.15, 0.2) is 55.0 Å². The number of hydrogen-bond donors (Lipinski definition) is 3. The molecule has 3 atom stereocenters. The van der Waals surface area contributed by atoms with Crippen molar-refractivity contribution < 1.29 is 14.6 Å². The molecule has 32 heavy (non-hydrogen) atoms. The summed E-state index contributed by atoms with van der Waals surface area (Å²) >= 11 is 0. The van der Waals surface area contributed by atoms with Gasteiger partial charge >= 0.3 is 0 Å². The summed E-state index contributed by atoms with van der Waals surface area (Å²) in [5.74, 6) is -0.258. The van der Waals surface area contributed by atoms with Crippen LogP contribution in [0.3, 0.4) is 0 Å². The molecular weight excluding hydrogens is 406 g/mol. The first-order valence-electron chi connectivity index (χ1n) is 10.7. The summed E-state index contributed by atoms with van der Waals surface area (Å²) in [5.41, 5.74) is 8.73. The van der Waals surface area contributed by atoms with Crippen molar-refractivity contribution in [2.75, 3.05) is 11.1 Å². The molecule has 3 unspecified atom stereocenters. The van der Waals surface area contributed by atoms with Gasteiger partial charge in [-0.05, 0) is 24.8 Å². The van der Waals surface area contributed by atoms with E-state index in [9.17, 15) is 9.90 Å². The van der Waals surface area contributed by atoms with Gasteiger partial charge in [0, 0.05) is 17.3 Å². The van der Waals surface area contributed by atoms with Gasteiger partial charge in [-0.1, -0.05) is 44.2 Å². The van der Waals surface area contributed by atoms with E-state index < -0.39 is 12.0 Å². The molecular formula is C24H27N5O3. The Bertz CT molecular complexity index is 1090. The Morgan fingerprint density at radius 1 is 1.19 bits per heavy atom. The molecule has 1 aromatic carbocycles. The SMILES string of the molecule is CC(C)C1OC(c2ccncc2NC(=O)c2nc(-c3ccccc3)cnc2N)CCC1O. The van der Waals surface area contributed by atoms with Gasteiger partial charge in [-0.25, -0.2) is 9.97 Å². The molecule has 2 aromatic heterocycles. The third-order valence-electron chi connectivity index (χ3n) is 5.62. The molecule has 1 saturated heterocycles. The number of carbonyl (C=O) groups is 1. The zero-order valence-electron chi connectivity index (χ0n) is 18.1. The molecule has 4 rings (SSSR count). The van der Waals surface area contributed by atoms with Crippen molar-refractivity contribution in [3.05, 3.63) is 66.2 Å². The van der Waals surface area contributed by atoms with Gasteiger partial charge in [0.2, 0.25) is 0 Å². The summed E-state index contributed by atoms with van der Waals surface area (Å²) in [7, 11) is 0. The lowest BCUT2D eigenvalue weighted by Crippen LogP contribution is -2.39. The number of carbonyl (C=O) groups excluding carboxylic acids is 1. The third kappa shape index (κ3) is 4.61. The second-order valence-electron chi connectivity index (χ2n) is 8.25. The predicted molar refractivity (Wildman–Crippen MR) is 122 cm³/mol. The number of nitrogens with two attached hydrogens (primary N) is 1. The average molecular weight is 434 g/mol. The van der Waals surface area contributed by atoms with Crippen LogP contribution in [-0.4, -0.2) is 38.2 Å². The van der Waals surface area contributed by atoms with Crippen LogP contribution in [0, 0.1) is 5.92 Å². The van der Waals surface area contributed by atoms with E-state index in [1.54, 1.807) is 18.6 Å². The molecule has 0 aliphatic carbocycles. The van der Waals surface area contributed by atoms with Gasteiger partial charge in [0.15, 0.2) is 11.5 Å². The van der Waals surface area contributed by atoms with Gasteiger partial charge in [0.1, 0.15) is 0 Å². The lowest BCUT2D eigenvalue weighted by Gasteiger charge is -2.37. The fourth-order valence-corrected chi connectivity index (χ4v) is 3.95. The second-order valence-corrected chi connectivity index (χ2v) is 8.25. The summed E-state index contributed by atoms with van der Waals surface area (Å²) in [6, 6.07) is 11.3. The number of aromatic nitrogens is 3. The Labute approximate surface area is 186 Å². The Balaban J connectivity index is 1.59. The summed E-state index contributed by atoms with van der Waals surface area (Å²) in [4.78, 5) is 25.8. The van der Waals surface area contributed by atoms with E-state index in [4.69, 9.17) is 10.5 Å². The molecule has 8 heteroatoms. The first-order chi connectivity index (χ1) is 15.4. The minimum Gasteiger partial charge on any atom is -0.390 e. The highest BCUT2D eigenvalue weighted by atomic mass is 16.5. The van der Waals surface area contributed by atoms with Crippen LogP contribution in [-0.2, 0) is 4.74 Å². The van der Waals surface area contributed by atoms with Crippen molar-refractivity contribution >= 4 is 17.4 Å². The zero-order valence-corrected chi connectivity index (χ0v) is 18.1. The van der Waals surface area contributed by atoms with Crippen LogP contribution in [0.4, 0.5) is 11.5 Å². The van der Waals surface area contributed by atoms with Crippen molar-refractivity contribution in [3.8, 4) is 11.3 Å². The quantitative estimate of drug-likeness (QED) is 0.561. The maximum Gasteiger partial charge on any atom is 0.278 e. The van der Waals surface area contributed by atoms with Crippen molar-refractivity contribution in [2.45, 2.75) is 45.0 Å². The first kappa shape index (κ1) is 21.9. The molecule has 1 aliphatic heterocycles. The number of hydrogen-bond acceptors (Lipinski definition) is 7. The van der Waals surface area contributed by atoms with Gasteiger partial charge < -0.3 is 20.9 Å². The van der Waals surface area contributed by atoms with Crippen molar-refractivity contribution in [1.29, 1.82) is 0 Å². The summed E-state index contributed by atoms with van der Waals surface area (Å²) in [6.07, 6.45) is 5.03. The minimum atomic E-state index is -0.498. The topological polar surface area (TPSA) is 123 Å². The first-order valence-corrected chi connectivity index (χ1v) is 10.7. The number of nitrogens with zero attached hydrogens (tertiary/aromatic N) is 3. The van der Waals surface area contributed by atoms with E-state index in [0.29, 0.717) is 24.2 Å². The third-order valence-corrected chi connectivity index (χ3v) is 5.62. The Morgan fingerprint density at radius 3 is 2.72 bits per heavy atom. The number of aliphatic hydroxyl groups is 1. The Morgan fingerprint density at radius 2 is 1.97 bits per heavy atom. The smallest absolute Gasteiger partial charge is 0.278 e. The maximum atomic E-state index is 13.1. The predicted octanol–water partition coefficient (Wildman–Crippen LogP) is 3.61. The molecule has 1 amide bonds. The number of ether oxygens (including phenoxy) is 1. The molecule has 3 heterocycles. The number of amides is 1. The molecule has 166 valence electrons. The van der Waals surface area contributed by atoms with Crippen molar-refractivity contribution in [1.82, 2.24) is 15.0 Å². The van der Waals surface area contributed by atoms with Gasteiger partial charge in [-0.3, -0.25) is 9.78 Å². The molecule has 3 aromatic rings. The van der Waals surface area contributed by atoms with Crippen LogP contribution in [0.5, 0.6) is 0 Å². The number of pyridine rings is 1. The number of nitrogen functional groups attached to an aromatic ring is 1. The van der Waals surface area contributed by atoms with E-state index in [0.717, 1.165) is 11.1 Å². The van der Waals surface area contributed by atoms with Crippen LogP contribution in [0.1, 0.15) is 48.8 Å².